The van der Waals surface area contributed by atoms with E-state index in [9.17, 15) is 4.79 Å². The Kier molecular flexibility index (Phi) is 2.83. The SMILES string of the molecule is O=C1NCC(C2CCCC2)c2c(Cl)cccc21. The van der Waals surface area contributed by atoms with Gasteiger partial charge < -0.3 is 5.32 Å². The molecular formula is C14H16ClNO. The number of carbonyl (C=O) groups excluding carboxylic acids is 1. The van der Waals surface area contributed by atoms with Crippen LogP contribution in [0, 0.1) is 5.92 Å². The molecule has 17 heavy (non-hydrogen) atoms. The van der Waals surface area contributed by atoms with E-state index in [2.05, 4.69) is 5.32 Å². The van der Waals surface area contributed by atoms with E-state index in [1.807, 2.05) is 18.2 Å². The van der Waals surface area contributed by atoms with Crippen LogP contribution in [0.5, 0.6) is 0 Å². The number of carbonyl (C=O) groups is 1. The van der Waals surface area contributed by atoms with Crippen molar-refractivity contribution in [2.45, 2.75) is 31.6 Å². The molecule has 0 saturated heterocycles. The van der Waals surface area contributed by atoms with Gasteiger partial charge in [-0.2, -0.15) is 0 Å². The summed E-state index contributed by atoms with van der Waals surface area (Å²) in [4.78, 5) is 11.8. The molecule has 0 spiro atoms. The molecule has 1 N–H and O–H groups in total. The van der Waals surface area contributed by atoms with Crippen LogP contribution in [0.15, 0.2) is 18.2 Å². The van der Waals surface area contributed by atoms with Gasteiger partial charge in [0.25, 0.3) is 5.91 Å². The molecule has 0 aromatic heterocycles. The van der Waals surface area contributed by atoms with E-state index < -0.39 is 0 Å². The number of hydrogen-bond acceptors (Lipinski definition) is 1. The van der Waals surface area contributed by atoms with Crippen LogP contribution < -0.4 is 5.32 Å². The van der Waals surface area contributed by atoms with Crippen LogP contribution in [0.2, 0.25) is 5.02 Å². The quantitative estimate of drug-likeness (QED) is 0.813. The monoisotopic (exact) mass is 249 g/mol. The molecule has 2 nitrogen and oxygen atoms in total. The van der Waals surface area contributed by atoms with Gasteiger partial charge in [-0.25, -0.2) is 0 Å². The lowest BCUT2D eigenvalue weighted by molar-refractivity contribution is 0.0934. The molecule has 3 heteroatoms. The lowest BCUT2D eigenvalue weighted by Gasteiger charge is -2.31. The summed E-state index contributed by atoms with van der Waals surface area (Å²) in [5.41, 5.74) is 1.87. The summed E-state index contributed by atoms with van der Waals surface area (Å²) in [6, 6.07) is 5.65. The Bertz CT molecular complexity index is 452. The fourth-order valence-corrected chi connectivity index (χ4v) is 3.59. The second-order valence-electron chi connectivity index (χ2n) is 5.06. The minimum Gasteiger partial charge on any atom is -0.351 e. The summed E-state index contributed by atoms with van der Waals surface area (Å²) < 4.78 is 0. The second-order valence-corrected chi connectivity index (χ2v) is 5.47. The van der Waals surface area contributed by atoms with Crippen LogP contribution in [0.25, 0.3) is 0 Å². The van der Waals surface area contributed by atoms with Gasteiger partial charge in [0.2, 0.25) is 0 Å². The maximum Gasteiger partial charge on any atom is 0.251 e. The fraction of sp³-hybridized carbons (Fsp3) is 0.500. The molecule has 1 aliphatic carbocycles. The summed E-state index contributed by atoms with van der Waals surface area (Å²) in [5.74, 6) is 1.13. The van der Waals surface area contributed by atoms with E-state index in [0.717, 1.165) is 22.7 Å². The summed E-state index contributed by atoms with van der Waals surface area (Å²) in [6.07, 6.45) is 5.17. The standard InChI is InChI=1S/C14H16ClNO/c15-12-7-3-6-10-13(12)11(8-16-14(10)17)9-4-1-2-5-9/h3,6-7,9,11H,1-2,4-5,8H2,(H,16,17). The van der Waals surface area contributed by atoms with Gasteiger partial charge in [0.05, 0.1) is 0 Å². The first-order valence-corrected chi connectivity index (χ1v) is 6.72. The van der Waals surface area contributed by atoms with Crippen LogP contribution >= 0.6 is 11.6 Å². The molecule has 1 heterocycles. The molecule has 0 bridgehead atoms. The molecule has 2 aliphatic rings. The molecular weight excluding hydrogens is 234 g/mol. The second kappa shape index (κ2) is 4.34. The molecule has 1 saturated carbocycles. The van der Waals surface area contributed by atoms with Crippen molar-refractivity contribution in [3.05, 3.63) is 34.3 Å². The Morgan fingerprint density at radius 3 is 2.76 bits per heavy atom. The first-order valence-electron chi connectivity index (χ1n) is 6.34. The zero-order valence-electron chi connectivity index (χ0n) is 9.71. The molecule has 1 amide bonds. The number of amides is 1. The van der Waals surface area contributed by atoms with Crippen molar-refractivity contribution in [1.82, 2.24) is 5.32 Å². The molecule has 3 rings (SSSR count). The van der Waals surface area contributed by atoms with Gasteiger partial charge >= 0.3 is 0 Å². The first-order chi connectivity index (χ1) is 8.27. The van der Waals surface area contributed by atoms with Crippen LogP contribution in [0.3, 0.4) is 0 Å². The molecule has 0 radical (unpaired) electrons. The normalized spacial score (nSPS) is 24.5. The van der Waals surface area contributed by atoms with Crippen molar-refractivity contribution in [1.29, 1.82) is 0 Å². The number of halogens is 1. The molecule has 1 atom stereocenters. The summed E-state index contributed by atoms with van der Waals surface area (Å²) >= 11 is 6.30. The first kappa shape index (κ1) is 11.1. The number of rotatable bonds is 1. The predicted octanol–water partition coefficient (Wildman–Crippen LogP) is 3.36. The van der Waals surface area contributed by atoms with Crippen LogP contribution in [0.4, 0.5) is 0 Å². The molecule has 1 aromatic rings. The van der Waals surface area contributed by atoms with Gasteiger partial charge in [-0.05, 0) is 36.5 Å². The van der Waals surface area contributed by atoms with Crippen molar-refractivity contribution in [3.8, 4) is 0 Å². The van der Waals surface area contributed by atoms with Gasteiger partial charge in [-0.15, -0.1) is 0 Å². The van der Waals surface area contributed by atoms with Gasteiger partial charge in [0, 0.05) is 23.0 Å². The van der Waals surface area contributed by atoms with Crippen molar-refractivity contribution >= 4 is 17.5 Å². The highest BCUT2D eigenvalue weighted by Crippen LogP contribution is 2.42. The number of hydrogen-bond donors (Lipinski definition) is 1. The van der Waals surface area contributed by atoms with E-state index in [4.69, 9.17) is 11.6 Å². The lowest BCUT2D eigenvalue weighted by atomic mass is 9.80. The third-order valence-corrected chi connectivity index (χ3v) is 4.45. The van der Waals surface area contributed by atoms with Crippen molar-refractivity contribution in [2.24, 2.45) is 5.92 Å². The largest absolute Gasteiger partial charge is 0.351 e. The highest BCUT2D eigenvalue weighted by atomic mass is 35.5. The zero-order chi connectivity index (χ0) is 11.8. The van der Waals surface area contributed by atoms with Gasteiger partial charge in [0.1, 0.15) is 0 Å². The maximum absolute atomic E-state index is 11.8. The highest BCUT2D eigenvalue weighted by Gasteiger charge is 2.34. The third kappa shape index (κ3) is 1.85. The van der Waals surface area contributed by atoms with E-state index >= 15 is 0 Å². The minimum atomic E-state index is 0.0248. The van der Waals surface area contributed by atoms with E-state index in [-0.39, 0.29) is 5.91 Å². The molecule has 1 unspecified atom stereocenters. The Morgan fingerprint density at radius 1 is 1.24 bits per heavy atom. The summed E-state index contributed by atoms with van der Waals surface area (Å²) in [5, 5.41) is 3.75. The van der Waals surface area contributed by atoms with Gasteiger partial charge in [-0.3, -0.25) is 4.79 Å². The molecule has 1 aromatic carbocycles. The van der Waals surface area contributed by atoms with Crippen LogP contribution in [-0.2, 0) is 0 Å². The number of benzene rings is 1. The maximum atomic E-state index is 11.8. The Morgan fingerprint density at radius 2 is 2.00 bits per heavy atom. The molecule has 1 fully saturated rings. The zero-order valence-corrected chi connectivity index (χ0v) is 10.5. The van der Waals surface area contributed by atoms with Crippen LogP contribution in [-0.4, -0.2) is 12.5 Å². The average molecular weight is 250 g/mol. The van der Waals surface area contributed by atoms with Crippen molar-refractivity contribution in [3.63, 3.8) is 0 Å². The number of nitrogens with one attached hydrogen (secondary N) is 1. The van der Waals surface area contributed by atoms with Crippen molar-refractivity contribution < 1.29 is 4.79 Å². The Labute approximate surface area is 106 Å². The van der Waals surface area contributed by atoms with Gasteiger partial charge in [0.15, 0.2) is 0 Å². The van der Waals surface area contributed by atoms with Gasteiger partial charge in [-0.1, -0.05) is 30.5 Å². The van der Waals surface area contributed by atoms with E-state index in [0.29, 0.717) is 11.8 Å². The Hall–Kier alpha value is -1.02. The van der Waals surface area contributed by atoms with Crippen LogP contribution in [0.1, 0.15) is 47.5 Å². The average Bonchev–Trinajstić information content (AvgIpc) is 2.84. The smallest absolute Gasteiger partial charge is 0.251 e. The third-order valence-electron chi connectivity index (χ3n) is 4.12. The summed E-state index contributed by atoms with van der Waals surface area (Å²) in [7, 11) is 0. The Balaban J connectivity index is 2.04. The molecule has 1 aliphatic heterocycles. The highest BCUT2D eigenvalue weighted by molar-refractivity contribution is 6.32. The number of fused-ring (bicyclic) bond motifs is 1. The van der Waals surface area contributed by atoms with E-state index in [1.54, 1.807) is 0 Å². The minimum absolute atomic E-state index is 0.0248. The topological polar surface area (TPSA) is 29.1 Å². The molecule has 90 valence electrons. The fourth-order valence-electron chi connectivity index (χ4n) is 3.27. The summed E-state index contributed by atoms with van der Waals surface area (Å²) in [6.45, 7) is 0.750. The van der Waals surface area contributed by atoms with E-state index in [1.165, 1.54) is 25.7 Å². The van der Waals surface area contributed by atoms with Crippen molar-refractivity contribution in [2.75, 3.05) is 6.54 Å². The predicted molar refractivity (Wildman–Crippen MR) is 68.5 cm³/mol. The lowest BCUT2D eigenvalue weighted by Crippen LogP contribution is -2.37.